The summed E-state index contributed by atoms with van der Waals surface area (Å²) in [5.41, 5.74) is 1.11. The summed E-state index contributed by atoms with van der Waals surface area (Å²) in [5.74, 6) is 0. The van der Waals surface area contributed by atoms with Gasteiger partial charge in [-0.25, -0.2) is 0 Å². The molecule has 1 rings (SSSR count). The molecule has 0 unspecified atom stereocenters. The summed E-state index contributed by atoms with van der Waals surface area (Å²) in [5, 5.41) is -0.223. The fourth-order valence-electron chi connectivity index (χ4n) is 1.66. The molecule has 0 aliphatic rings. The second kappa shape index (κ2) is 3.82. The lowest BCUT2D eigenvalue weighted by Crippen LogP contribution is -2.38. The van der Waals surface area contributed by atoms with Gasteiger partial charge in [0.25, 0.3) is 0 Å². The predicted octanol–water partition coefficient (Wildman–Crippen LogP) is 0.878. The number of hydrogen-bond donors (Lipinski definition) is 0. The monoisotopic (exact) mass is 188 g/mol. The third kappa shape index (κ3) is 3.22. The van der Waals surface area contributed by atoms with Crippen molar-refractivity contribution in [3.8, 4) is 0 Å². The van der Waals surface area contributed by atoms with Gasteiger partial charge in [-0.05, 0) is 26.3 Å². The van der Waals surface area contributed by atoms with Crippen LogP contribution in [-0.2, 0) is 10.1 Å². The van der Waals surface area contributed by atoms with Crippen molar-refractivity contribution in [1.29, 1.82) is 0 Å². The first-order valence-corrected chi connectivity index (χ1v) is 5.07. The first kappa shape index (κ1) is 11.4. The maximum Gasteiger partial charge on any atom is 0.137 e. The van der Waals surface area contributed by atoms with Crippen LogP contribution in [0.25, 0.3) is 0 Å². The molecule has 74 valence electrons. The Balaban J connectivity index is 2.86. The molecule has 0 aliphatic heterocycles. The van der Waals surface area contributed by atoms with Gasteiger partial charge in [0.1, 0.15) is 15.7 Å². The van der Waals surface area contributed by atoms with Gasteiger partial charge in [-0.1, -0.05) is 30.3 Å². The molecule has 1 nitrogen and oxygen atoms in total. The van der Waals surface area contributed by atoms with Gasteiger partial charge in [0.2, 0.25) is 0 Å². The fraction of sp³-hybridized carbons (Fsp3) is 0.455. The minimum absolute atomic E-state index is 0.112. The van der Waals surface area contributed by atoms with Crippen molar-refractivity contribution in [2.45, 2.75) is 31.8 Å². The Morgan fingerprint density at radius 2 is 1.50 bits per heavy atom. The minimum Gasteiger partial charge on any atom is -0.383 e. The summed E-state index contributed by atoms with van der Waals surface area (Å²) in [6.45, 7) is 6.24. The topological polar surface area (TPSA) is 9.23 Å². The molecule has 0 saturated heterocycles. The third-order valence-electron chi connectivity index (χ3n) is 2.03. The molecule has 1 aromatic carbocycles. The van der Waals surface area contributed by atoms with E-state index in [1.54, 1.807) is 0 Å². The van der Waals surface area contributed by atoms with E-state index in [4.69, 9.17) is 4.74 Å². The second-order valence-electron chi connectivity index (χ2n) is 5.09. The molecular weight excluding hydrogens is 170 g/mol. The Morgan fingerprint density at radius 1 is 1.00 bits per heavy atom. The summed E-state index contributed by atoms with van der Waals surface area (Å²) in [6, 6.07) is 10.3. The van der Waals surface area contributed by atoms with Crippen LogP contribution in [0.1, 0.15) is 26.3 Å². The molecule has 0 N–H and O–H groups in total. The largest absolute Gasteiger partial charge is 0.383 e. The Labute approximate surface area is 88.7 Å². The molecule has 0 bridgehead atoms. The summed E-state index contributed by atoms with van der Waals surface area (Å²) >= 11 is 0. The van der Waals surface area contributed by atoms with Crippen LogP contribution in [0.5, 0.6) is 0 Å². The smallest absolute Gasteiger partial charge is 0.137 e. The maximum absolute atomic E-state index is 6.01. The first-order valence-electron chi connectivity index (χ1n) is 5.07. The SMILES string of the molecule is BC(B)(OC(C)(C)C)c1ccccc1. The van der Waals surface area contributed by atoms with Crippen molar-refractivity contribution < 1.29 is 4.74 Å². The average Bonchev–Trinajstić information content (AvgIpc) is 2.01. The molecule has 0 amide bonds. The zero-order valence-corrected chi connectivity index (χ0v) is 9.79. The van der Waals surface area contributed by atoms with Crippen LogP contribution in [0.3, 0.4) is 0 Å². The van der Waals surface area contributed by atoms with Crippen LogP contribution in [0.2, 0.25) is 0 Å². The number of hydrogen-bond acceptors (Lipinski definition) is 1. The summed E-state index contributed by atoms with van der Waals surface area (Å²) < 4.78 is 6.01. The molecule has 0 heterocycles. The van der Waals surface area contributed by atoms with Crippen molar-refractivity contribution in [3.05, 3.63) is 35.9 Å². The molecule has 0 aromatic heterocycles. The van der Waals surface area contributed by atoms with E-state index in [1.807, 2.05) is 18.2 Å². The van der Waals surface area contributed by atoms with Crippen LogP contribution in [0.15, 0.2) is 30.3 Å². The van der Waals surface area contributed by atoms with Gasteiger partial charge in [-0.3, -0.25) is 0 Å². The second-order valence-corrected chi connectivity index (χ2v) is 5.09. The van der Waals surface area contributed by atoms with Gasteiger partial charge in [0, 0.05) is 5.40 Å². The highest BCUT2D eigenvalue weighted by atomic mass is 16.5. The molecule has 0 spiro atoms. The van der Waals surface area contributed by atoms with Gasteiger partial charge >= 0.3 is 0 Å². The molecule has 0 fully saturated rings. The summed E-state index contributed by atoms with van der Waals surface area (Å²) in [7, 11) is 4.21. The van der Waals surface area contributed by atoms with Gasteiger partial charge in [0.15, 0.2) is 0 Å². The van der Waals surface area contributed by atoms with E-state index in [0.717, 1.165) is 0 Å². The van der Waals surface area contributed by atoms with Crippen LogP contribution < -0.4 is 0 Å². The van der Waals surface area contributed by atoms with Crippen molar-refractivity contribution in [2.75, 3.05) is 0 Å². The van der Waals surface area contributed by atoms with E-state index in [2.05, 4.69) is 48.6 Å². The van der Waals surface area contributed by atoms with Crippen molar-refractivity contribution in [1.82, 2.24) is 0 Å². The average molecular weight is 188 g/mol. The zero-order chi connectivity index (χ0) is 10.8. The first-order chi connectivity index (χ1) is 6.31. The Morgan fingerprint density at radius 3 is 1.93 bits per heavy atom. The lowest BCUT2D eigenvalue weighted by Gasteiger charge is -2.34. The van der Waals surface area contributed by atoms with Gasteiger partial charge in [-0.15, -0.1) is 0 Å². The summed E-state index contributed by atoms with van der Waals surface area (Å²) in [6.07, 6.45) is 0. The highest BCUT2D eigenvalue weighted by Gasteiger charge is 2.26. The molecular formula is C11H18B2O. The van der Waals surface area contributed by atoms with Gasteiger partial charge < -0.3 is 4.74 Å². The lowest BCUT2D eigenvalue weighted by atomic mass is 9.61. The normalized spacial score (nSPS) is 12.8. The minimum atomic E-state index is -0.223. The van der Waals surface area contributed by atoms with Gasteiger partial charge in [0.05, 0.1) is 5.60 Å². The molecule has 0 saturated carbocycles. The third-order valence-corrected chi connectivity index (χ3v) is 2.03. The van der Waals surface area contributed by atoms with Crippen molar-refractivity contribution in [2.24, 2.45) is 0 Å². The molecule has 3 heteroatoms. The maximum atomic E-state index is 6.01. The molecule has 1 aromatic rings. The Hall–Kier alpha value is -0.690. The number of rotatable bonds is 2. The molecule has 0 aliphatic carbocycles. The molecule has 0 atom stereocenters. The van der Waals surface area contributed by atoms with Crippen molar-refractivity contribution in [3.63, 3.8) is 0 Å². The van der Waals surface area contributed by atoms with Gasteiger partial charge in [-0.2, -0.15) is 0 Å². The van der Waals surface area contributed by atoms with Crippen molar-refractivity contribution >= 4 is 15.7 Å². The molecule has 14 heavy (non-hydrogen) atoms. The lowest BCUT2D eigenvalue weighted by molar-refractivity contribution is -0.0472. The van der Waals surface area contributed by atoms with Crippen LogP contribution >= 0.6 is 0 Å². The summed E-state index contributed by atoms with van der Waals surface area (Å²) in [4.78, 5) is 0. The quantitative estimate of drug-likeness (QED) is 0.625. The van der Waals surface area contributed by atoms with E-state index in [1.165, 1.54) is 5.56 Å². The van der Waals surface area contributed by atoms with Crippen LogP contribution in [0.4, 0.5) is 0 Å². The van der Waals surface area contributed by atoms with E-state index in [-0.39, 0.29) is 11.0 Å². The molecule has 0 radical (unpaired) electrons. The van der Waals surface area contributed by atoms with Crippen LogP contribution in [0, 0.1) is 0 Å². The number of ether oxygens (including phenoxy) is 1. The highest BCUT2D eigenvalue weighted by molar-refractivity contribution is 6.38. The van der Waals surface area contributed by atoms with E-state index in [9.17, 15) is 0 Å². The highest BCUT2D eigenvalue weighted by Crippen LogP contribution is 2.24. The Kier molecular flexibility index (Phi) is 3.10. The van der Waals surface area contributed by atoms with E-state index >= 15 is 0 Å². The zero-order valence-electron chi connectivity index (χ0n) is 9.79. The Bertz CT molecular complexity index is 288. The predicted molar refractivity (Wildman–Crippen MR) is 66.0 cm³/mol. The van der Waals surface area contributed by atoms with E-state index < -0.39 is 0 Å². The van der Waals surface area contributed by atoms with E-state index in [0.29, 0.717) is 0 Å². The number of benzene rings is 1. The van der Waals surface area contributed by atoms with Crippen LogP contribution in [-0.4, -0.2) is 21.3 Å². The standard InChI is InChI=1S/C11H18B2O/c1-10(2,3)14-11(12,13)9-7-5-4-6-8-9/h4-8H,12-13H2,1-3H3. The fourth-order valence-corrected chi connectivity index (χ4v) is 1.66.